The van der Waals surface area contributed by atoms with Crippen molar-refractivity contribution in [3.8, 4) is 11.6 Å². The summed E-state index contributed by atoms with van der Waals surface area (Å²) in [5, 5.41) is 15.2. The van der Waals surface area contributed by atoms with Crippen molar-refractivity contribution in [1.82, 2.24) is 19.7 Å². The monoisotopic (exact) mass is 399 g/mol. The summed E-state index contributed by atoms with van der Waals surface area (Å²) in [5.74, 6) is 1.19. The van der Waals surface area contributed by atoms with Crippen LogP contribution in [0, 0.1) is 0 Å². The number of carbonyl (C=O) groups is 1. The second-order valence-corrected chi connectivity index (χ2v) is 7.92. The fraction of sp³-hybridized carbons (Fsp3) is 0.222. The number of nitrogens with one attached hydrogen (secondary N) is 1. The van der Waals surface area contributed by atoms with Crippen LogP contribution in [-0.2, 0) is 11.8 Å². The first-order valence-electron chi connectivity index (χ1n) is 8.41. The van der Waals surface area contributed by atoms with Gasteiger partial charge in [0.05, 0.1) is 5.25 Å². The molecule has 3 heterocycles. The third kappa shape index (κ3) is 3.60. The summed E-state index contributed by atoms with van der Waals surface area (Å²) in [4.78, 5) is 16.6. The van der Waals surface area contributed by atoms with E-state index in [1.807, 2.05) is 54.3 Å². The minimum Gasteiger partial charge on any atom is -0.453 e. The topological polar surface area (TPSA) is 85.8 Å². The third-order valence-electron chi connectivity index (χ3n) is 4.05. The zero-order valence-electron chi connectivity index (χ0n) is 14.7. The minimum atomic E-state index is -0.291. The molecule has 138 valence electrons. The van der Waals surface area contributed by atoms with Gasteiger partial charge in [0.1, 0.15) is 5.58 Å². The lowest BCUT2D eigenvalue weighted by Crippen LogP contribution is -2.24. The number of amides is 1. The molecule has 27 heavy (non-hydrogen) atoms. The fourth-order valence-corrected chi connectivity index (χ4v) is 4.10. The van der Waals surface area contributed by atoms with Gasteiger partial charge in [-0.2, -0.15) is 0 Å². The number of nitrogens with zero attached hydrogens (tertiary/aromatic N) is 4. The van der Waals surface area contributed by atoms with Crippen LogP contribution in [0.25, 0.3) is 22.6 Å². The normalized spacial score (nSPS) is 12.4. The van der Waals surface area contributed by atoms with E-state index in [4.69, 9.17) is 4.42 Å². The van der Waals surface area contributed by atoms with Crippen molar-refractivity contribution in [2.75, 3.05) is 5.32 Å². The molecular formula is C18H17N5O2S2. The molecule has 0 saturated heterocycles. The predicted molar refractivity (Wildman–Crippen MR) is 107 cm³/mol. The first-order valence-corrected chi connectivity index (χ1v) is 10.2. The van der Waals surface area contributed by atoms with Crippen molar-refractivity contribution in [1.29, 1.82) is 0 Å². The SMILES string of the molecule is CC[C@@H](Sc1nnc(-c2cc3ccccc3o2)n1C)C(=O)Nc1nccs1. The summed E-state index contributed by atoms with van der Waals surface area (Å²) in [6.07, 6.45) is 2.32. The van der Waals surface area contributed by atoms with Gasteiger partial charge in [0.25, 0.3) is 0 Å². The first-order chi connectivity index (χ1) is 13.2. The molecule has 0 aliphatic heterocycles. The molecule has 4 rings (SSSR count). The van der Waals surface area contributed by atoms with Crippen LogP contribution in [0.1, 0.15) is 13.3 Å². The maximum absolute atomic E-state index is 12.5. The maximum atomic E-state index is 12.5. The molecule has 0 radical (unpaired) electrons. The number of thiazole rings is 1. The van der Waals surface area contributed by atoms with Crippen LogP contribution in [0.15, 0.2) is 51.5 Å². The molecule has 0 spiro atoms. The third-order valence-corrected chi connectivity index (χ3v) is 6.14. The molecule has 0 fully saturated rings. The zero-order valence-corrected chi connectivity index (χ0v) is 16.4. The van der Waals surface area contributed by atoms with Gasteiger partial charge in [-0.3, -0.25) is 4.79 Å². The van der Waals surface area contributed by atoms with Crippen LogP contribution in [0.2, 0.25) is 0 Å². The maximum Gasteiger partial charge on any atom is 0.239 e. The Bertz CT molecular complexity index is 1040. The van der Waals surface area contributed by atoms with Crippen LogP contribution in [0.5, 0.6) is 0 Å². The highest BCUT2D eigenvalue weighted by molar-refractivity contribution is 8.00. The highest BCUT2D eigenvalue weighted by atomic mass is 32.2. The second-order valence-electron chi connectivity index (χ2n) is 5.85. The first kappa shape index (κ1) is 17.7. The minimum absolute atomic E-state index is 0.0919. The number of hydrogen-bond acceptors (Lipinski definition) is 7. The molecule has 0 aliphatic carbocycles. The number of furan rings is 1. The number of benzene rings is 1. The summed E-state index contributed by atoms with van der Waals surface area (Å²) in [6.45, 7) is 1.97. The zero-order chi connectivity index (χ0) is 18.8. The lowest BCUT2D eigenvalue weighted by molar-refractivity contribution is -0.115. The molecule has 0 aliphatic rings. The molecule has 1 aromatic carbocycles. The number of thioether (sulfide) groups is 1. The van der Waals surface area contributed by atoms with Crippen LogP contribution in [0.3, 0.4) is 0 Å². The van der Waals surface area contributed by atoms with E-state index in [0.717, 1.165) is 11.0 Å². The van der Waals surface area contributed by atoms with Crippen molar-refractivity contribution >= 4 is 45.1 Å². The number of hydrogen-bond donors (Lipinski definition) is 1. The molecule has 3 aromatic heterocycles. The molecule has 0 bridgehead atoms. The van der Waals surface area contributed by atoms with E-state index in [2.05, 4.69) is 20.5 Å². The Morgan fingerprint density at radius 3 is 2.96 bits per heavy atom. The van der Waals surface area contributed by atoms with E-state index in [1.165, 1.54) is 23.1 Å². The van der Waals surface area contributed by atoms with Gasteiger partial charge in [-0.25, -0.2) is 4.98 Å². The Hall–Kier alpha value is -2.65. The molecule has 0 unspecified atom stereocenters. The van der Waals surface area contributed by atoms with Crippen LogP contribution < -0.4 is 5.32 Å². The Labute approximate surface area is 163 Å². The lowest BCUT2D eigenvalue weighted by Gasteiger charge is -2.12. The number of fused-ring (bicyclic) bond motifs is 1. The largest absolute Gasteiger partial charge is 0.453 e. The summed E-state index contributed by atoms with van der Waals surface area (Å²) in [6, 6.07) is 9.75. The van der Waals surface area contributed by atoms with E-state index in [-0.39, 0.29) is 11.2 Å². The van der Waals surface area contributed by atoms with Gasteiger partial charge in [-0.1, -0.05) is 36.9 Å². The molecule has 4 aromatic rings. The van der Waals surface area contributed by atoms with Gasteiger partial charge in [-0.05, 0) is 18.6 Å². The summed E-state index contributed by atoms with van der Waals surface area (Å²) in [7, 11) is 1.87. The lowest BCUT2D eigenvalue weighted by atomic mass is 10.2. The van der Waals surface area contributed by atoms with E-state index in [0.29, 0.717) is 28.3 Å². The standard InChI is InChI=1S/C18H17N5O2S2/c1-3-14(16(24)20-17-19-8-9-26-17)27-18-22-21-15(23(18)2)13-10-11-6-4-5-7-12(11)25-13/h4-10,14H,3H2,1-2H3,(H,19,20,24)/t14-/m1/s1. The molecular weight excluding hydrogens is 382 g/mol. The number of carbonyl (C=O) groups excluding carboxylic acids is 1. The smallest absolute Gasteiger partial charge is 0.239 e. The molecule has 0 saturated carbocycles. The van der Waals surface area contributed by atoms with E-state index < -0.39 is 0 Å². The van der Waals surface area contributed by atoms with Gasteiger partial charge < -0.3 is 14.3 Å². The van der Waals surface area contributed by atoms with E-state index in [1.54, 1.807) is 6.20 Å². The Balaban J connectivity index is 1.55. The van der Waals surface area contributed by atoms with Crippen molar-refractivity contribution in [2.45, 2.75) is 23.8 Å². The average molecular weight is 400 g/mol. The number of anilines is 1. The molecule has 1 atom stereocenters. The molecule has 1 N–H and O–H groups in total. The Kier molecular flexibility index (Phi) is 4.95. The van der Waals surface area contributed by atoms with Crippen molar-refractivity contribution in [3.05, 3.63) is 41.9 Å². The molecule has 9 heteroatoms. The van der Waals surface area contributed by atoms with Crippen molar-refractivity contribution in [2.24, 2.45) is 7.05 Å². The van der Waals surface area contributed by atoms with Gasteiger partial charge in [-0.15, -0.1) is 21.5 Å². The Morgan fingerprint density at radius 1 is 1.37 bits per heavy atom. The van der Waals surface area contributed by atoms with Crippen LogP contribution in [-0.4, -0.2) is 30.9 Å². The van der Waals surface area contributed by atoms with Crippen molar-refractivity contribution in [3.63, 3.8) is 0 Å². The second kappa shape index (κ2) is 7.53. The van der Waals surface area contributed by atoms with Crippen LogP contribution in [0.4, 0.5) is 5.13 Å². The Morgan fingerprint density at radius 2 is 2.22 bits per heavy atom. The van der Waals surface area contributed by atoms with Crippen molar-refractivity contribution < 1.29 is 9.21 Å². The highest BCUT2D eigenvalue weighted by Gasteiger charge is 2.23. The molecule has 1 amide bonds. The van der Waals surface area contributed by atoms with Gasteiger partial charge in [0.2, 0.25) is 5.91 Å². The summed E-state index contributed by atoms with van der Waals surface area (Å²) >= 11 is 2.77. The summed E-state index contributed by atoms with van der Waals surface area (Å²) < 4.78 is 7.73. The van der Waals surface area contributed by atoms with Gasteiger partial charge in [0.15, 0.2) is 21.9 Å². The van der Waals surface area contributed by atoms with Gasteiger partial charge in [0, 0.05) is 24.0 Å². The highest BCUT2D eigenvalue weighted by Crippen LogP contribution is 2.30. The number of rotatable bonds is 6. The average Bonchev–Trinajstić information content (AvgIpc) is 3.39. The predicted octanol–water partition coefficient (Wildman–Crippen LogP) is 4.19. The number of para-hydroxylation sites is 1. The van der Waals surface area contributed by atoms with E-state index in [9.17, 15) is 4.79 Å². The van der Waals surface area contributed by atoms with Gasteiger partial charge >= 0.3 is 0 Å². The van der Waals surface area contributed by atoms with Crippen LogP contribution >= 0.6 is 23.1 Å². The number of aromatic nitrogens is 4. The fourth-order valence-electron chi connectivity index (χ4n) is 2.64. The quantitative estimate of drug-likeness (QED) is 0.489. The van der Waals surface area contributed by atoms with E-state index >= 15 is 0 Å². The summed E-state index contributed by atoms with van der Waals surface area (Å²) in [5.41, 5.74) is 0.805. The molecule has 7 nitrogen and oxygen atoms in total.